The quantitative estimate of drug-likeness (QED) is 0.900. The number of carbonyl (C=O) groups is 1. The van der Waals surface area contributed by atoms with Crippen molar-refractivity contribution in [2.75, 3.05) is 6.61 Å². The second kappa shape index (κ2) is 7.30. The lowest BCUT2D eigenvalue weighted by atomic mass is 9.87. The van der Waals surface area contributed by atoms with Crippen LogP contribution in [-0.4, -0.2) is 24.6 Å². The van der Waals surface area contributed by atoms with Crippen molar-refractivity contribution in [3.8, 4) is 5.75 Å². The number of rotatable bonds is 3. The minimum absolute atomic E-state index is 0.188. The van der Waals surface area contributed by atoms with E-state index in [1.807, 2.05) is 0 Å². The number of hydrogen-bond acceptors (Lipinski definition) is 3. The van der Waals surface area contributed by atoms with E-state index in [0.717, 1.165) is 18.5 Å². The maximum atomic E-state index is 13.2. The molecule has 0 unspecified atom stereocenters. The van der Waals surface area contributed by atoms with Crippen LogP contribution in [0.15, 0.2) is 12.1 Å². The van der Waals surface area contributed by atoms with Crippen LogP contribution in [0, 0.1) is 5.82 Å². The first kappa shape index (κ1) is 16.2. The van der Waals surface area contributed by atoms with Crippen LogP contribution >= 0.6 is 0 Å². The molecule has 1 aromatic rings. The molecule has 1 amide bonds. The van der Waals surface area contributed by atoms with Gasteiger partial charge in [-0.2, -0.15) is 0 Å². The van der Waals surface area contributed by atoms with E-state index in [1.54, 1.807) is 0 Å². The maximum Gasteiger partial charge on any atom is 0.249 e. The molecule has 1 aliphatic heterocycles. The molecule has 0 aromatic heterocycles. The van der Waals surface area contributed by atoms with E-state index in [2.05, 4.69) is 5.32 Å². The number of carbonyl (C=O) groups excluding carboxylic acids is 1. The summed E-state index contributed by atoms with van der Waals surface area (Å²) >= 11 is 0. The number of fused-ring (bicyclic) bond motifs is 1. The van der Waals surface area contributed by atoms with Gasteiger partial charge in [-0.3, -0.25) is 4.79 Å². The summed E-state index contributed by atoms with van der Waals surface area (Å²) in [6.07, 6.45) is 10.1. The van der Waals surface area contributed by atoms with Gasteiger partial charge in [-0.25, -0.2) is 4.39 Å². The van der Waals surface area contributed by atoms with Gasteiger partial charge in [0.1, 0.15) is 0 Å². The van der Waals surface area contributed by atoms with Crippen LogP contribution in [0.25, 0.3) is 0 Å². The zero-order valence-electron chi connectivity index (χ0n) is 13.4. The Balaban J connectivity index is 0.000000149. The summed E-state index contributed by atoms with van der Waals surface area (Å²) in [6, 6.07) is 4.45. The highest BCUT2D eigenvalue weighted by atomic mass is 19.1. The number of primary amides is 1. The van der Waals surface area contributed by atoms with Gasteiger partial charge in [0.05, 0.1) is 6.61 Å². The summed E-state index contributed by atoms with van der Waals surface area (Å²) in [6.45, 7) is 0.492. The van der Waals surface area contributed by atoms with E-state index in [4.69, 9.17) is 10.5 Å². The predicted molar refractivity (Wildman–Crippen MR) is 87.1 cm³/mol. The van der Waals surface area contributed by atoms with Crippen LogP contribution in [-0.2, 0) is 6.42 Å². The van der Waals surface area contributed by atoms with Gasteiger partial charge in [-0.1, -0.05) is 12.8 Å². The molecule has 5 heteroatoms. The molecule has 2 saturated carbocycles. The van der Waals surface area contributed by atoms with E-state index in [-0.39, 0.29) is 5.75 Å². The summed E-state index contributed by atoms with van der Waals surface area (Å²) in [7, 11) is 0. The third-order valence-electron chi connectivity index (χ3n) is 4.98. The average molecular weight is 320 g/mol. The predicted octanol–water partition coefficient (Wildman–Crippen LogP) is 2.93. The Hall–Kier alpha value is -1.62. The molecule has 2 fully saturated rings. The lowest BCUT2D eigenvalue weighted by Gasteiger charge is -2.35. The molecule has 2 aliphatic carbocycles. The third-order valence-corrected chi connectivity index (χ3v) is 4.98. The number of amides is 1. The van der Waals surface area contributed by atoms with Crippen molar-refractivity contribution in [2.24, 2.45) is 5.73 Å². The molecule has 0 radical (unpaired) electrons. The first-order valence-corrected chi connectivity index (χ1v) is 8.65. The van der Waals surface area contributed by atoms with Crippen molar-refractivity contribution in [1.82, 2.24) is 5.32 Å². The highest BCUT2D eigenvalue weighted by Crippen LogP contribution is 2.30. The van der Waals surface area contributed by atoms with Crippen LogP contribution < -0.4 is 15.8 Å². The van der Waals surface area contributed by atoms with Crippen molar-refractivity contribution < 1.29 is 13.9 Å². The Morgan fingerprint density at radius 3 is 2.30 bits per heavy atom. The number of ether oxygens (including phenoxy) is 1. The van der Waals surface area contributed by atoms with Gasteiger partial charge in [-0.05, 0) is 50.7 Å². The van der Waals surface area contributed by atoms with E-state index >= 15 is 0 Å². The molecule has 0 atom stereocenters. The molecule has 23 heavy (non-hydrogen) atoms. The molecule has 3 aliphatic rings. The minimum Gasteiger partial charge on any atom is -0.490 e. The molecule has 0 bridgehead atoms. The standard InChI is InChI=1S/C10H10FNO2.C8H15N/c11-8-4-3-7(10(12)13)6-2-1-5-14-9(6)8;1-3-7(4-1)9-8-5-2-6-8/h3-4H,1-2,5H2,(H2,12,13);7-9H,1-6H2. The summed E-state index contributed by atoms with van der Waals surface area (Å²) in [5.74, 6) is -0.774. The third kappa shape index (κ3) is 3.83. The van der Waals surface area contributed by atoms with Gasteiger partial charge in [0, 0.05) is 23.2 Å². The normalized spacial score (nSPS) is 20.2. The van der Waals surface area contributed by atoms with Crippen LogP contribution in [0.1, 0.15) is 60.9 Å². The summed E-state index contributed by atoms with van der Waals surface area (Å²) in [5, 5.41) is 3.65. The SMILES string of the molecule is C1CC(NC2CCC2)C1.NC(=O)c1ccc(F)c2c1CCCO2. The topological polar surface area (TPSA) is 64.3 Å². The average Bonchev–Trinajstić information content (AvgIpc) is 2.45. The number of nitrogens with two attached hydrogens (primary N) is 1. The molecular formula is C18H25FN2O2. The Labute approximate surface area is 136 Å². The lowest BCUT2D eigenvalue weighted by molar-refractivity contribution is 0.0998. The van der Waals surface area contributed by atoms with E-state index in [0.29, 0.717) is 24.2 Å². The Morgan fingerprint density at radius 2 is 1.78 bits per heavy atom. The molecule has 3 N–H and O–H groups in total. The maximum absolute atomic E-state index is 13.2. The van der Waals surface area contributed by atoms with Crippen molar-refractivity contribution in [3.63, 3.8) is 0 Å². The molecule has 0 spiro atoms. The molecule has 4 rings (SSSR count). The van der Waals surface area contributed by atoms with E-state index < -0.39 is 11.7 Å². The monoisotopic (exact) mass is 320 g/mol. The van der Waals surface area contributed by atoms with E-state index in [1.165, 1.54) is 50.7 Å². The van der Waals surface area contributed by atoms with Crippen molar-refractivity contribution >= 4 is 5.91 Å². The van der Waals surface area contributed by atoms with Gasteiger partial charge in [0.15, 0.2) is 11.6 Å². The molecule has 4 nitrogen and oxygen atoms in total. The molecule has 1 aromatic carbocycles. The highest BCUT2D eigenvalue weighted by molar-refractivity contribution is 5.95. The van der Waals surface area contributed by atoms with Crippen LogP contribution in [0.3, 0.4) is 0 Å². The van der Waals surface area contributed by atoms with Crippen molar-refractivity contribution in [3.05, 3.63) is 29.1 Å². The minimum atomic E-state index is -0.535. The van der Waals surface area contributed by atoms with Crippen LogP contribution in [0.5, 0.6) is 5.75 Å². The molecule has 1 heterocycles. The molecule has 0 saturated heterocycles. The van der Waals surface area contributed by atoms with Gasteiger partial charge >= 0.3 is 0 Å². The number of hydrogen-bond donors (Lipinski definition) is 2. The summed E-state index contributed by atoms with van der Waals surface area (Å²) < 4.78 is 18.4. The van der Waals surface area contributed by atoms with Gasteiger partial charge < -0.3 is 15.8 Å². The van der Waals surface area contributed by atoms with Gasteiger partial charge in [-0.15, -0.1) is 0 Å². The van der Waals surface area contributed by atoms with Crippen LogP contribution in [0.2, 0.25) is 0 Å². The largest absolute Gasteiger partial charge is 0.490 e. The fourth-order valence-electron chi connectivity index (χ4n) is 3.14. The fraction of sp³-hybridized carbons (Fsp3) is 0.611. The molecule has 126 valence electrons. The Bertz CT molecular complexity index is 556. The first-order valence-electron chi connectivity index (χ1n) is 8.65. The number of nitrogens with one attached hydrogen (secondary N) is 1. The molecular weight excluding hydrogens is 295 g/mol. The summed E-state index contributed by atoms with van der Waals surface area (Å²) in [5.41, 5.74) is 6.13. The summed E-state index contributed by atoms with van der Waals surface area (Å²) in [4.78, 5) is 11.0. The van der Waals surface area contributed by atoms with Gasteiger partial charge in [0.25, 0.3) is 0 Å². The zero-order chi connectivity index (χ0) is 16.2. The fourth-order valence-corrected chi connectivity index (χ4v) is 3.14. The van der Waals surface area contributed by atoms with Gasteiger partial charge in [0.2, 0.25) is 5.91 Å². The lowest BCUT2D eigenvalue weighted by Crippen LogP contribution is -2.45. The zero-order valence-corrected chi connectivity index (χ0v) is 13.4. The Morgan fingerprint density at radius 1 is 1.13 bits per heavy atom. The van der Waals surface area contributed by atoms with E-state index in [9.17, 15) is 9.18 Å². The van der Waals surface area contributed by atoms with Crippen LogP contribution in [0.4, 0.5) is 4.39 Å². The number of halogens is 1. The van der Waals surface area contributed by atoms with Crippen molar-refractivity contribution in [1.29, 1.82) is 0 Å². The second-order valence-corrected chi connectivity index (χ2v) is 6.64. The van der Waals surface area contributed by atoms with Crippen molar-refractivity contribution in [2.45, 2.75) is 63.5 Å². The Kier molecular flexibility index (Phi) is 5.16. The highest BCUT2D eigenvalue weighted by Gasteiger charge is 2.24. The second-order valence-electron chi connectivity index (χ2n) is 6.64. The number of benzene rings is 1. The first-order chi connectivity index (χ1) is 11.1. The smallest absolute Gasteiger partial charge is 0.249 e.